The highest BCUT2D eigenvalue weighted by Crippen LogP contribution is 2.26. The summed E-state index contributed by atoms with van der Waals surface area (Å²) in [5.41, 5.74) is 3.11. The van der Waals surface area contributed by atoms with E-state index in [9.17, 15) is 0 Å². The quantitative estimate of drug-likeness (QED) is 0.787. The second-order valence-corrected chi connectivity index (χ2v) is 4.55. The van der Waals surface area contributed by atoms with E-state index in [4.69, 9.17) is 0 Å². The Morgan fingerprint density at radius 2 is 1.95 bits per heavy atom. The molecular formula is C16H16N4. The summed E-state index contributed by atoms with van der Waals surface area (Å²) in [5, 5.41) is 4.62. The van der Waals surface area contributed by atoms with Crippen molar-refractivity contribution in [2.24, 2.45) is 0 Å². The number of fused-ring (bicyclic) bond motifs is 1. The molecule has 4 heteroatoms. The number of para-hydroxylation sites is 1. The van der Waals surface area contributed by atoms with Gasteiger partial charge in [-0.3, -0.25) is 4.98 Å². The minimum Gasteiger partial charge on any atom is -0.305 e. The average Bonchev–Trinajstić information content (AvgIpc) is 2.53. The van der Waals surface area contributed by atoms with Gasteiger partial charge >= 0.3 is 0 Å². The van der Waals surface area contributed by atoms with E-state index in [0.717, 1.165) is 28.7 Å². The van der Waals surface area contributed by atoms with Gasteiger partial charge in [-0.2, -0.15) is 0 Å². The normalized spacial score (nSPS) is 12.4. The van der Waals surface area contributed by atoms with Crippen molar-refractivity contribution < 1.29 is 0 Å². The van der Waals surface area contributed by atoms with E-state index in [0.29, 0.717) is 0 Å². The van der Waals surface area contributed by atoms with E-state index in [1.807, 2.05) is 18.3 Å². The van der Waals surface area contributed by atoms with Gasteiger partial charge in [0.15, 0.2) is 0 Å². The van der Waals surface area contributed by atoms with Crippen LogP contribution in [-0.4, -0.2) is 21.5 Å². The van der Waals surface area contributed by atoms with Crippen LogP contribution in [0.15, 0.2) is 55.1 Å². The summed E-state index contributed by atoms with van der Waals surface area (Å²) < 4.78 is 0. The lowest BCUT2D eigenvalue weighted by atomic mass is 10.00. The minimum absolute atomic E-state index is 0.0293. The van der Waals surface area contributed by atoms with Gasteiger partial charge in [0.1, 0.15) is 6.33 Å². The molecule has 2 aromatic heterocycles. The van der Waals surface area contributed by atoms with Crippen molar-refractivity contribution in [1.82, 2.24) is 20.3 Å². The molecule has 1 atom stereocenters. The molecule has 1 unspecified atom stereocenters. The molecule has 4 nitrogen and oxygen atoms in total. The summed E-state index contributed by atoms with van der Waals surface area (Å²) in [6.45, 7) is 2.95. The van der Waals surface area contributed by atoms with Gasteiger partial charge in [-0.05, 0) is 18.7 Å². The largest absolute Gasteiger partial charge is 0.305 e. The molecule has 0 amide bonds. The van der Waals surface area contributed by atoms with E-state index < -0.39 is 0 Å². The number of rotatable bonds is 4. The first-order valence-corrected chi connectivity index (χ1v) is 6.73. The number of aromatic nitrogens is 3. The van der Waals surface area contributed by atoms with Crippen LogP contribution in [0, 0.1) is 0 Å². The predicted octanol–water partition coefficient (Wildman–Crippen LogP) is 2.72. The Labute approximate surface area is 117 Å². The first-order valence-electron chi connectivity index (χ1n) is 6.73. The van der Waals surface area contributed by atoms with E-state index in [2.05, 4.69) is 51.5 Å². The number of hydrogen-bond acceptors (Lipinski definition) is 4. The van der Waals surface area contributed by atoms with Crippen LogP contribution in [0.2, 0.25) is 0 Å². The number of nitrogens with zero attached hydrogens (tertiary/aromatic N) is 3. The van der Waals surface area contributed by atoms with Gasteiger partial charge in [0.2, 0.25) is 0 Å². The highest BCUT2D eigenvalue weighted by atomic mass is 15.0. The summed E-state index contributed by atoms with van der Waals surface area (Å²) >= 11 is 0. The van der Waals surface area contributed by atoms with Crippen LogP contribution in [0.4, 0.5) is 0 Å². The molecule has 0 saturated carbocycles. The lowest BCUT2D eigenvalue weighted by Gasteiger charge is -2.19. The van der Waals surface area contributed by atoms with E-state index >= 15 is 0 Å². The average molecular weight is 264 g/mol. The first kappa shape index (κ1) is 12.7. The van der Waals surface area contributed by atoms with Crippen molar-refractivity contribution in [2.75, 3.05) is 6.54 Å². The molecule has 0 spiro atoms. The maximum atomic E-state index is 4.53. The van der Waals surface area contributed by atoms with Crippen molar-refractivity contribution in [3.63, 3.8) is 0 Å². The molecule has 1 aromatic carbocycles. The third-order valence-electron chi connectivity index (χ3n) is 3.28. The molecule has 0 fully saturated rings. The maximum Gasteiger partial charge on any atom is 0.115 e. The maximum absolute atomic E-state index is 4.53. The molecule has 3 rings (SSSR count). The predicted molar refractivity (Wildman–Crippen MR) is 79.3 cm³/mol. The standard InChI is InChI=1S/C16H16N4/c1-2-18-16(14-8-10-17-11-20-14)13-7-3-5-12-6-4-9-19-15(12)13/h3-11,16,18H,2H2,1H3. The topological polar surface area (TPSA) is 50.7 Å². The van der Waals surface area contributed by atoms with Gasteiger partial charge in [-0.15, -0.1) is 0 Å². The zero-order valence-corrected chi connectivity index (χ0v) is 11.3. The molecule has 20 heavy (non-hydrogen) atoms. The molecular weight excluding hydrogens is 248 g/mol. The Hall–Kier alpha value is -2.33. The lowest BCUT2D eigenvalue weighted by molar-refractivity contribution is 0.616. The highest BCUT2D eigenvalue weighted by molar-refractivity contribution is 5.82. The van der Waals surface area contributed by atoms with Crippen molar-refractivity contribution in [3.05, 3.63) is 66.4 Å². The monoisotopic (exact) mass is 264 g/mol. The van der Waals surface area contributed by atoms with Crippen molar-refractivity contribution >= 4 is 10.9 Å². The zero-order valence-electron chi connectivity index (χ0n) is 11.3. The van der Waals surface area contributed by atoms with Gasteiger partial charge in [-0.25, -0.2) is 9.97 Å². The van der Waals surface area contributed by atoms with E-state index in [-0.39, 0.29) is 6.04 Å². The number of nitrogens with one attached hydrogen (secondary N) is 1. The second-order valence-electron chi connectivity index (χ2n) is 4.55. The van der Waals surface area contributed by atoms with Crippen LogP contribution in [-0.2, 0) is 0 Å². The van der Waals surface area contributed by atoms with Crippen LogP contribution in [0.3, 0.4) is 0 Å². The van der Waals surface area contributed by atoms with Gasteiger partial charge in [0.05, 0.1) is 17.3 Å². The Kier molecular flexibility index (Phi) is 3.65. The summed E-state index contributed by atoms with van der Waals surface area (Å²) in [7, 11) is 0. The second kappa shape index (κ2) is 5.75. The summed E-state index contributed by atoms with van der Waals surface area (Å²) in [6, 6.07) is 12.2. The fourth-order valence-electron chi connectivity index (χ4n) is 2.41. The fraction of sp³-hybridized carbons (Fsp3) is 0.188. The SMILES string of the molecule is CCNC(c1ccncn1)c1cccc2cccnc12. The van der Waals surface area contributed by atoms with Gasteiger partial charge in [-0.1, -0.05) is 31.2 Å². The van der Waals surface area contributed by atoms with Crippen LogP contribution in [0.25, 0.3) is 10.9 Å². The van der Waals surface area contributed by atoms with Gasteiger partial charge in [0.25, 0.3) is 0 Å². The molecule has 0 aliphatic rings. The number of pyridine rings is 1. The van der Waals surface area contributed by atoms with Crippen molar-refractivity contribution in [3.8, 4) is 0 Å². The van der Waals surface area contributed by atoms with Crippen LogP contribution in [0.5, 0.6) is 0 Å². The molecule has 2 heterocycles. The van der Waals surface area contributed by atoms with Crippen LogP contribution < -0.4 is 5.32 Å². The molecule has 1 N–H and O–H groups in total. The Bertz CT molecular complexity index is 692. The zero-order chi connectivity index (χ0) is 13.8. The first-order chi connectivity index (χ1) is 9.90. The Balaban J connectivity index is 2.15. The summed E-state index contributed by atoms with van der Waals surface area (Å²) in [5.74, 6) is 0. The lowest BCUT2D eigenvalue weighted by Crippen LogP contribution is -2.23. The molecule has 0 aliphatic carbocycles. The van der Waals surface area contributed by atoms with Gasteiger partial charge in [0, 0.05) is 23.3 Å². The van der Waals surface area contributed by atoms with E-state index in [1.54, 1.807) is 12.5 Å². The molecule has 100 valence electrons. The van der Waals surface area contributed by atoms with Crippen molar-refractivity contribution in [2.45, 2.75) is 13.0 Å². The molecule has 0 saturated heterocycles. The molecule has 0 bridgehead atoms. The smallest absolute Gasteiger partial charge is 0.115 e. The van der Waals surface area contributed by atoms with Crippen LogP contribution in [0.1, 0.15) is 24.2 Å². The molecule has 3 aromatic rings. The Morgan fingerprint density at radius 3 is 2.75 bits per heavy atom. The van der Waals surface area contributed by atoms with E-state index in [1.165, 1.54) is 0 Å². The fourth-order valence-corrected chi connectivity index (χ4v) is 2.41. The Morgan fingerprint density at radius 1 is 1.05 bits per heavy atom. The van der Waals surface area contributed by atoms with Gasteiger partial charge < -0.3 is 5.32 Å². The molecule has 0 aliphatic heterocycles. The van der Waals surface area contributed by atoms with Crippen LogP contribution >= 0.6 is 0 Å². The number of hydrogen-bond donors (Lipinski definition) is 1. The summed E-state index contributed by atoms with van der Waals surface area (Å²) in [6.07, 6.45) is 5.18. The summed E-state index contributed by atoms with van der Waals surface area (Å²) in [4.78, 5) is 12.9. The minimum atomic E-state index is 0.0293. The number of benzene rings is 1. The van der Waals surface area contributed by atoms with Crippen molar-refractivity contribution in [1.29, 1.82) is 0 Å². The molecule has 0 radical (unpaired) electrons. The third kappa shape index (κ3) is 2.38. The third-order valence-corrected chi connectivity index (χ3v) is 3.28. The highest BCUT2D eigenvalue weighted by Gasteiger charge is 2.17.